The average molecular weight is 340 g/mol. The monoisotopic (exact) mass is 340 g/mol. The number of hydrogen-bond acceptors (Lipinski definition) is 5. The molecule has 0 spiro atoms. The molecule has 6 heteroatoms. The van der Waals surface area contributed by atoms with Gasteiger partial charge in [-0.25, -0.2) is 0 Å². The van der Waals surface area contributed by atoms with Crippen molar-refractivity contribution in [3.05, 3.63) is 35.9 Å². The number of fused-ring (bicyclic) bond motifs is 5. The van der Waals surface area contributed by atoms with Gasteiger partial charge in [0.2, 0.25) is 0 Å². The molecule has 1 aliphatic heterocycles. The van der Waals surface area contributed by atoms with Crippen LogP contribution in [0.4, 0.5) is 0 Å². The van der Waals surface area contributed by atoms with Gasteiger partial charge in [-0.05, 0) is 44.2 Å². The van der Waals surface area contributed by atoms with Crippen LogP contribution in [-0.2, 0) is 9.59 Å². The van der Waals surface area contributed by atoms with Gasteiger partial charge in [0.15, 0.2) is 0 Å². The van der Waals surface area contributed by atoms with Crippen molar-refractivity contribution in [2.24, 2.45) is 28.8 Å². The lowest BCUT2D eigenvalue weighted by atomic mass is 9.85. The maximum absolute atomic E-state index is 12.5. The Hall–Kier alpha value is -2.63. The van der Waals surface area contributed by atoms with Crippen molar-refractivity contribution in [3.63, 3.8) is 0 Å². The number of carbonyl (C=O) groups excluding carboxylic acids is 2. The minimum absolute atomic E-state index is 0.00199. The number of carbonyl (C=O) groups is 2. The summed E-state index contributed by atoms with van der Waals surface area (Å²) in [6.45, 7) is 3.80. The number of benzene rings is 1. The third kappa shape index (κ3) is 2.52. The van der Waals surface area contributed by atoms with E-state index in [0.29, 0.717) is 11.3 Å². The van der Waals surface area contributed by atoms with Crippen molar-refractivity contribution < 1.29 is 19.4 Å². The van der Waals surface area contributed by atoms with Gasteiger partial charge in [0.05, 0.1) is 24.2 Å². The van der Waals surface area contributed by atoms with Gasteiger partial charge in [-0.2, -0.15) is 10.1 Å². The Bertz CT molecular complexity index is 769. The van der Waals surface area contributed by atoms with Crippen LogP contribution in [-0.4, -0.2) is 34.2 Å². The fourth-order valence-corrected chi connectivity index (χ4v) is 4.10. The molecule has 0 unspecified atom stereocenters. The normalized spacial score (nSPS) is 30.1. The largest absolute Gasteiger partial charge is 0.507 e. The second-order valence-corrected chi connectivity index (χ2v) is 7.12. The molecule has 6 nitrogen and oxygen atoms in total. The Kier molecular flexibility index (Phi) is 3.63. The number of aromatic hydroxyl groups is 1. The molecule has 130 valence electrons. The lowest BCUT2D eigenvalue weighted by Gasteiger charge is -2.13. The number of rotatable bonds is 4. The molecule has 2 amide bonds. The smallest absolute Gasteiger partial charge is 0.254 e. The van der Waals surface area contributed by atoms with Crippen LogP contribution in [0.25, 0.3) is 0 Å². The molecule has 2 aliphatic carbocycles. The van der Waals surface area contributed by atoms with Crippen molar-refractivity contribution in [3.8, 4) is 11.5 Å². The molecule has 3 aliphatic rings. The van der Waals surface area contributed by atoms with E-state index in [0.717, 1.165) is 11.4 Å². The number of nitrogens with zero attached hydrogens (tertiary/aromatic N) is 2. The van der Waals surface area contributed by atoms with E-state index < -0.39 is 0 Å². The van der Waals surface area contributed by atoms with Crippen molar-refractivity contribution in [2.45, 2.75) is 26.4 Å². The predicted molar refractivity (Wildman–Crippen MR) is 91.0 cm³/mol. The first kappa shape index (κ1) is 15.9. The molecule has 1 saturated carbocycles. The molecule has 1 N–H and O–H groups in total. The standard InChI is InChI=1S/C19H20N2O4/c1-10(2)25-14-6-5-13(15(22)8-14)9-20-21-18(23)16-11-3-4-12(7-11)17(16)19(21)24/h3-6,8-12,16-17,22H,7H2,1-2H3/b20-9-/t11-,12-,16-,17+/m0/s1. The molecule has 1 aromatic carbocycles. The topological polar surface area (TPSA) is 79.2 Å². The van der Waals surface area contributed by atoms with Gasteiger partial charge in [0, 0.05) is 11.6 Å². The van der Waals surface area contributed by atoms with Gasteiger partial charge in [-0.15, -0.1) is 0 Å². The van der Waals surface area contributed by atoms with E-state index in [4.69, 9.17) is 4.74 Å². The number of phenols is 1. The van der Waals surface area contributed by atoms with Gasteiger partial charge in [-0.3, -0.25) is 9.59 Å². The first-order valence-corrected chi connectivity index (χ1v) is 8.55. The lowest BCUT2D eigenvalue weighted by molar-refractivity contribution is -0.140. The molecule has 25 heavy (non-hydrogen) atoms. The summed E-state index contributed by atoms with van der Waals surface area (Å²) in [6, 6.07) is 4.86. The molecule has 0 radical (unpaired) electrons. The van der Waals surface area contributed by atoms with Crippen LogP contribution in [0.5, 0.6) is 11.5 Å². The Morgan fingerprint density at radius 1 is 1.20 bits per heavy atom. The van der Waals surface area contributed by atoms with Crippen LogP contribution in [0, 0.1) is 23.7 Å². The van der Waals surface area contributed by atoms with E-state index >= 15 is 0 Å². The number of hydrogen-bond donors (Lipinski definition) is 1. The Labute approximate surface area is 145 Å². The zero-order chi connectivity index (χ0) is 17.7. The van der Waals surface area contributed by atoms with Gasteiger partial charge < -0.3 is 9.84 Å². The van der Waals surface area contributed by atoms with Gasteiger partial charge in [0.1, 0.15) is 11.5 Å². The highest BCUT2D eigenvalue weighted by atomic mass is 16.5. The van der Waals surface area contributed by atoms with Crippen LogP contribution < -0.4 is 4.74 Å². The highest BCUT2D eigenvalue weighted by Crippen LogP contribution is 2.52. The Morgan fingerprint density at radius 2 is 1.84 bits per heavy atom. The highest BCUT2D eigenvalue weighted by Gasteiger charge is 2.59. The summed E-state index contributed by atoms with van der Waals surface area (Å²) >= 11 is 0. The summed E-state index contributed by atoms with van der Waals surface area (Å²) in [5.41, 5.74) is 0.426. The molecule has 1 aromatic rings. The van der Waals surface area contributed by atoms with Gasteiger partial charge in [0.25, 0.3) is 11.8 Å². The molecule has 4 rings (SSSR count). The molecule has 1 heterocycles. The number of imide groups is 1. The summed E-state index contributed by atoms with van der Waals surface area (Å²) in [6.07, 6.45) is 6.33. The zero-order valence-corrected chi connectivity index (χ0v) is 14.1. The van der Waals surface area contributed by atoms with Crippen LogP contribution >= 0.6 is 0 Å². The Morgan fingerprint density at radius 3 is 2.40 bits per heavy atom. The van der Waals surface area contributed by atoms with E-state index in [2.05, 4.69) is 5.10 Å². The SMILES string of the molecule is CC(C)Oc1ccc(/C=N\N2C(=O)[C@@H]3[C@H](C2=O)[C@H]2C=C[C@H]3C2)c(O)c1. The van der Waals surface area contributed by atoms with Crippen LogP contribution in [0.3, 0.4) is 0 Å². The second kappa shape index (κ2) is 5.72. The number of allylic oxidation sites excluding steroid dienone is 2. The summed E-state index contributed by atoms with van der Waals surface area (Å²) in [5.74, 6) is -0.145. The van der Waals surface area contributed by atoms with E-state index in [-0.39, 0.29) is 47.3 Å². The van der Waals surface area contributed by atoms with Crippen LogP contribution in [0.15, 0.2) is 35.5 Å². The fraction of sp³-hybridized carbons (Fsp3) is 0.421. The number of hydrazone groups is 1. The summed E-state index contributed by atoms with van der Waals surface area (Å²) < 4.78 is 5.51. The molecule has 0 aromatic heterocycles. The molecule has 2 bridgehead atoms. The molecular formula is C19H20N2O4. The highest BCUT2D eigenvalue weighted by molar-refractivity contribution is 6.06. The first-order chi connectivity index (χ1) is 12.0. The lowest BCUT2D eigenvalue weighted by Crippen LogP contribution is -2.28. The quantitative estimate of drug-likeness (QED) is 0.518. The van der Waals surface area contributed by atoms with Gasteiger partial charge >= 0.3 is 0 Å². The maximum Gasteiger partial charge on any atom is 0.254 e. The van der Waals surface area contributed by atoms with Crippen molar-refractivity contribution in [1.82, 2.24) is 5.01 Å². The van der Waals surface area contributed by atoms with E-state index in [1.54, 1.807) is 12.1 Å². The van der Waals surface area contributed by atoms with Gasteiger partial charge in [-0.1, -0.05) is 12.2 Å². The molecular weight excluding hydrogens is 320 g/mol. The van der Waals surface area contributed by atoms with Crippen LogP contribution in [0.2, 0.25) is 0 Å². The fourth-order valence-electron chi connectivity index (χ4n) is 4.10. The zero-order valence-electron chi connectivity index (χ0n) is 14.1. The van der Waals surface area contributed by atoms with E-state index in [1.807, 2.05) is 26.0 Å². The number of amides is 2. The van der Waals surface area contributed by atoms with Crippen molar-refractivity contribution in [2.75, 3.05) is 0 Å². The Balaban J connectivity index is 1.53. The summed E-state index contributed by atoms with van der Waals surface area (Å²) in [7, 11) is 0. The molecule has 2 fully saturated rings. The third-order valence-electron chi connectivity index (χ3n) is 5.13. The van der Waals surface area contributed by atoms with Crippen LogP contribution in [0.1, 0.15) is 25.8 Å². The van der Waals surface area contributed by atoms with Crippen molar-refractivity contribution >= 4 is 18.0 Å². The average Bonchev–Trinajstić information content (AvgIpc) is 3.22. The minimum Gasteiger partial charge on any atom is -0.507 e. The predicted octanol–water partition coefficient (Wildman–Crippen LogP) is 2.32. The third-order valence-corrected chi connectivity index (χ3v) is 5.13. The second-order valence-electron chi connectivity index (χ2n) is 7.12. The number of ether oxygens (including phenoxy) is 1. The molecule has 4 atom stereocenters. The summed E-state index contributed by atoms with van der Waals surface area (Å²) in [4.78, 5) is 25.1. The van der Waals surface area contributed by atoms with E-state index in [1.165, 1.54) is 12.3 Å². The minimum atomic E-state index is -0.268. The van der Waals surface area contributed by atoms with Crippen molar-refractivity contribution in [1.29, 1.82) is 0 Å². The maximum atomic E-state index is 12.5. The summed E-state index contributed by atoms with van der Waals surface area (Å²) in [5, 5.41) is 15.1. The van der Waals surface area contributed by atoms with E-state index in [9.17, 15) is 14.7 Å². The first-order valence-electron chi connectivity index (χ1n) is 8.55. The number of phenolic OH excluding ortho intramolecular Hbond substituents is 1. The molecule has 1 saturated heterocycles.